The summed E-state index contributed by atoms with van der Waals surface area (Å²) in [5, 5.41) is 17.1. The number of hydrogen-bond donors (Lipinski definition) is 0. The van der Waals surface area contributed by atoms with Crippen molar-refractivity contribution >= 4 is 0 Å². The van der Waals surface area contributed by atoms with Gasteiger partial charge in [-0.15, -0.1) is 0 Å². The van der Waals surface area contributed by atoms with Crippen molar-refractivity contribution in [3.8, 4) is 12.1 Å². The van der Waals surface area contributed by atoms with Crippen LogP contribution in [0.3, 0.4) is 0 Å². The van der Waals surface area contributed by atoms with Crippen LogP contribution in [0.1, 0.15) is 20.8 Å². The summed E-state index contributed by atoms with van der Waals surface area (Å²) >= 11 is 0. The van der Waals surface area contributed by atoms with Gasteiger partial charge in [0.1, 0.15) is 0 Å². The molecule has 54 valence electrons. The van der Waals surface area contributed by atoms with Crippen molar-refractivity contribution < 1.29 is 0 Å². The van der Waals surface area contributed by atoms with E-state index < -0.39 is 0 Å². The van der Waals surface area contributed by atoms with E-state index in [2.05, 4.69) is 12.1 Å². The molecule has 0 amide bonds. The zero-order valence-electron chi connectivity index (χ0n) is 6.63. The molecule has 0 aromatic rings. The number of hydrogen-bond acceptors (Lipinski definition) is 2. The predicted octanol–water partition coefficient (Wildman–Crippen LogP) is 1.94. The molecule has 2 unspecified atom stereocenters. The largest absolute Gasteiger partial charge is 0.198 e. The highest BCUT2D eigenvalue weighted by Crippen LogP contribution is 2.18. The fourth-order valence-electron chi connectivity index (χ4n) is 0.919. The van der Waals surface area contributed by atoms with E-state index in [1.165, 1.54) is 0 Å². The molecule has 10 heavy (non-hydrogen) atoms. The first-order valence-electron chi connectivity index (χ1n) is 3.42. The molecule has 0 bridgehead atoms. The summed E-state index contributed by atoms with van der Waals surface area (Å²) in [6, 6.07) is 4.20. The standard InChI is InChI=1S/C8H12N2/c1-6(2)8(5-10)7(3)4-9/h6-8H,1-3H3. The Morgan fingerprint density at radius 3 is 1.60 bits per heavy atom. The van der Waals surface area contributed by atoms with E-state index in [1.807, 2.05) is 13.8 Å². The van der Waals surface area contributed by atoms with Crippen LogP contribution in [-0.4, -0.2) is 0 Å². The lowest BCUT2D eigenvalue weighted by Gasteiger charge is -2.13. The Labute approximate surface area is 62.1 Å². The first kappa shape index (κ1) is 8.98. The lowest BCUT2D eigenvalue weighted by atomic mass is 9.87. The van der Waals surface area contributed by atoms with E-state index in [0.717, 1.165) is 0 Å². The summed E-state index contributed by atoms with van der Waals surface area (Å²) in [5.41, 5.74) is 0. The van der Waals surface area contributed by atoms with Gasteiger partial charge < -0.3 is 0 Å². The van der Waals surface area contributed by atoms with Crippen LogP contribution in [0.15, 0.2) is 0 Å². The van der Waals surface area contributed by atoms with Crippen molar-refractivity contribution in [3.05, 3.63) is 0 Å². The summed E-state index contributed by atoms with van der Waals surface area (Å²) < 4.78 is 0. The van der Waals surface area contributed by atoms with Gasteiger partial charge in [0, 0.05) is 0 Å². The SMILES string of the molecule is CC(C)C(C#N)C(C)C#N. The molecular formula is C8H12N2. The summed E-state index contributed by atoms with van der Waals surface area (Å²) in [5.74, 6) is 0.00894. The highest BCUT2D eigenvalue weighted by molar-refractivity contribution is 4.97. The molecule has 0 fully saturated rings. The van der Waals surface area contributed by atoms with Crippen LogP contribution in [0, 0.1) is 40.4 Å². The highest BCUT2D eigenvalue weighted by Gasteiger charge is 2.19. The van der Waals surface area contributed by atoms with Crippen molar-refractivity contribution in [1.82, 2.24) is 0 Å². The van der Waals surface area contributed by atoms with Crippen molar-refractivity contribution in [1.29, 1.82) is 10.5 Å². The average molecular weight is 136 g/mol. The molecule has 0 aliphatic heterocycles. The molecule has 0 aromatic carbocycles. The van der Waals surface area contributed by atoms with E-state index in [0.29, 0.717) is 0 Å². The minimum absolute atomic E-state index is 0.120. The van der Waals surface area contributed by atoms with E-state index in [4.69, 9.17) is 10.5 Å². The predicted molar refractivity (Wildman–Crippen MR) is 38.7 cm³/mol. The zero-order chi connectivity index (χ0) is 8.15. The average Bonchev–Trinajstić information content (AvgIpc) is 1.88. The molecule has 2 atom stereocenters. The topological polar surface area (TPSA) is 47.6 Å². The van der Waals surface area contributed by atoms with Gasteiger partial charge in [-0.2, -0.15) is 10.5 Å². The van der Waals surface area contributed by atoms with Crippen LogP contribution in [-0.2, 0) is 0 Å². The molecule has 0 aliphatic carbocycles. The molecule has 2 nitrogen and oxygen atoms in total. The van der Waals surface area contributed by atoms with E-state index in [1.54, 1.807) is 6.92 Å². The van der Waals surface area contributed by atoms with Crippen LogP contribution < -0.4 is 0 Å². The molecule has 0 aromatic heterocycles. The third kappa shape index (κ3) is 2.07. The van der Waals surface area contributed by atoms with E-state index in [9.17, 15) is 0 Å². The van der Waals surface area contributed by atoms with E-state index >= 15 is 0 Å². The van der Waals surface area contributed by atoms with Gasteiger partial charge in [-0.3, -0.25) is 0 Å². The maximum atomic E-state index is 8.60. The third-order valence-corrected chi connectivity index (χ3v) is 1.61. The lowest BCUT2D eigenvalue weighted by Crippen LogP contribution is -2.14. The Bertz CT molecular complexity index is 171. The summed E-state index contributed by atoms with van der Waals surface area (Å²) in [4.78, 5) is 0. The number of nitriles is 2. The zero-order valence-corrected chi connectivity index (χ0v) is 6.63. The van der Waals surface area contributed by atoms with Crippen LogP contribution in [0.5, 0.6) is 0 Å². The molecule has 0 spiro atoms. The van der Waals surface area contributed by atoms with Crippen molar-refractivity contribution in [3.63, 3.8) is 0 Å². The summed E-state index contributed by atoms with van der Waals surface area (Å²) in [6.45, 7) is 5.71. The number of nitrogens with zero attached hydrogens (tertiary/aromatic N) is 2. The molecule has 2 heteroatoms. The Kier molecular flexibility index (Phi) is 3.51. The van der Waals surface area contributed by atoms with Crippen LogP contribution in [0.2, 0.25) is 0 Å². The maximum Gasteiger partial charge on any atom is 0.0672 e. The maximum absolute atomic E-state index is 8.60. The fourth-order valence-corrected chi connectivity index (χ4v) is 0.919. The fraction of sp³-hybridized carbons (Fsp3) is 0.750. The Morgan fingerprint density at radius 1 is 1.00 bits per heavy atom. The Hall–Kier alpha value is -1.02. The minimum atomic E-state index is -0.148. The Morgan fingerprint density at radius 2 is 1.50 bits per heavy atom. The minimum Gasteiger partial charge on any atom is -0.198 e. The van der Waals surface area contributed by atoms with E-state index in [-0.39, 0.29) is 17.8 Å². The third-order valence-electron chi connectivity index (χ3n) is 1.61. The van der Waals surface area contributed by atoms with Gasteiger partial charge >= 0.3 is 0 Å². The molecule has 0 aliphatic rings. The van der Waals surface area contributed by atoms with Crippen LogP contribution >= 0.6 is 0 Å². The normalized spacial score (nSPS) is 15.4. The number of rotatable bonds is 2. The molecule has 0 N–H and O–H groups in total. The Balaban J connectivity index is 4.14. The highest BCUT2D eigenvalue weighted by atomic mass is 14.3. The molecule has 0 rings (SSSR count). The van der Waals surface area contributed by atoms with Crippen molar-refractivity contribution in [2.24, 2.45) is 17.8 Å². The summed E-state index contributed by atoms with van der Waals surface area (Å²) in [7, 11) is 0. The molecule has 0 saturated carbocycles. The first-order valence-corrected chi connectivity index (χ1v) is 3.42. The second-order valence-corrected chi connectivity index (χ2v) is 2.82. The quantitative estimate of drug-likeness (QED) is 0.582. The molecular weight excluding hydrogens is 124 g/mol. The van der Waals surface area contributed by atoms with Gasteiger partial charge in [0.2, 0.25) is 0 Å². The van der Waals surface area contributed by atoms with Gasteiger partial charge in [0.05, 0.1) is 24.0 Å². The first-order chi connectivity index (χ1) is 4.63. The van der Waals surface area contributed by atoms with Gasteiger partial charge in [-0.1, -0.05) is 13.8 Å². The van der Waals surface area contributed by atoms with Gasteiger partial charge in [-0.05, 0) is 12.8 Å². The molecule has 0 saturated heterocycles. The van der Waals surface area contributed by atoms with Gasteiger partial charge in [0.15, 0.2) is 0 Å². The van der Waals surface area contributed by atoms with Gasteiger partial charge in [-0.25, -0.2) is 0 Å². The summed E-state index contributed by atoms with van der Waals surface area (Å²) in [6.07, 6.45) is 0. The van der Waals surface area contributed by atoms with Crippen molar-refractivity contribution in [2.45, 2.75) is 20.8 Å². The molecule has 0 radical (unpaired) electrons. The van der Waals surface area contributed by atoms with Crippen LogP contribution in [0.25, 0.3) is 0 Å². The monoisotopic (exact) mass is 136 g/mol. The van der Waals surface area contributed by atoms with Gasteiger partial charge in [0.25, 0.3) is 0 Å². The lowest BCUT2D eigenvalue weighted by molar-refractivity contribution is 0.401. The molecule has 0 heterocycles. The van der Waals surface area contributed by atoms with Crippen LogP contribution in [0.4, 0.5) is 0 Å². The second kappa shape index (κ2) is 3.90. The second-order valence-electron chi connectivity index (χ2n) is 2.82. The van der Waals surface area contributed by atoms with Crippen molar-refractivity contribution in [2.75, 3.05) is 0 Å². The smallest absolute Gasteiger partial charge is 0.0672 e.